The molecule has 5 rings (SSSR count). The summed E-state index contributed by atoms with van der Waals surface area (Å²) in [5, 5.41) is 5.83. The lowest BCUT2D eigenvalue weighted by Gasteiger charge is -2.26. The molecule has 148 valence electrons. The number of rotatable bonds is 4. The number of benzene rings is 2. The molecule has 29 heavy (non-hydrogen) atoms. The van der Waals surface area contributed by atoms with Gasteiger partial charge >= 0.3 is 0 Å². The van der Waals surface area contributed by atoms with Crippen LogP contribution in [-0.2, 0) is 6.54 Å². The molecule has 0 saturated heterocycles. The molecule has 2 fully saturated rings. The Morgan fingerprint density at radius 3 is 2.79 bits per heavy atom. The van der Waals surface area contributed by atoms with Crippen LogP contribution in [0.3, 0.4) is 0 Å². The summed E-state index contributed by atoms with van der Waals surface area (Å²) < 4.78 is 2.35. The summed E-state index contributed by atoms with van der Waals surface area (Å²) >= 11 is 3.44. The fraction of sp³-hybridized carbons (Fsp3) is 0.348. The molecule has 0 unspecified atom stereocenters. The Kier molecular flexibility index (Phi) is 4.54. The van der Waals surface area contributed by atoms with E-state index in [1.807, 2.05) is 36.4 Å². The minimum Gasteiger partial charge on any atom is -0.366 e. The van der Waals surface area contributed by atoms with Crippen LogP contribution in [-0.4, -0.2) is 15.7 Å². The van der Waals surface area contributed by atoms with Gasteiger partial charge in [0.05, 0.1) is 18.1 Å². The maximum atomic E-state index is 13.1. The van der Waals surface area contributed by atoms with Crippen molar-refractivity contribution in [3.8, 4) is 0 Å². The Morgan fingerprint density at radius 2 is 2.07 bits per heavy atom. The Bertz CT molecular complexity index is 1190. The topological polar surface area (TPSA) is 78.0 Å². The van der Waals surface area contributed by atoms with Crippen molar-refractivity contribution in [3.05, 3.63) is 74.1 Å². The van der Waals surface area contributed by atoms with Crippen LogP contribution in [0, 0.1) is 11.8 Å². The molecule has 0 radical (unpaired) electrons. The van der Waals surface area contributed by atoms with E-state index >= 15 is 0 Å². The molecule has 0 aliphatic heterocycles. The number of nitrogens with zero attached hydrogens (tertiary/aromatic N) is 2. The lowest BCUT2D eigenvalue weighted by Crippen LogP contribution is -2.26. The number of carbonyl (C=O) groups is 1. The maximum absolute atomic E-state index is 13.1. The first-order chi connectivity index (χ1) is 14.0. The highest BCUT2D eigenvalue weighted by atomic mass is 79.9. The van der Waals surface area contributed by atoms with E-state index in [0.29, 0.717) is 29.3 Å². The summed E-state index contributed by atoms with van der Waals surface area (Å²) in [6.45, 7) is 0.339. The van der Waals surface area contributed by atoms with E-state index in [2.05, 4.69) is 21.0 Å². The van der Waals surface area contributed by atoms with Crippen molar-refractivity contribution in [2.75, 3.05) is 0 Å². The third kappa shape index (κ3) is 3.19. The van der Waals surface area contributed by atoms with Crippen molar-refractivity contribution < 1.29 is 4.79 Å². The second kappa shape index (κ2) is 7.10. The molecule has 0 spiro atoms. The van der Waals surface area contributed by atoms with E-state index in [-0.39, 0.29) is 5.56 Å². The van der Waals surface area contributed by atoms with Crippen molar-refractivity contribution in [3.63, 3.8) is 0 Å². The number of aromatic nitrogens is 2. The van der Waals surface area contributed by atoms with Crippen LogP contribution >= 0.6 is 15.9 Å². The molecule has 3 atom stereocenters. The average molecular weight is 452 g/mol. The predicted octanol–water partition coefficient (Wildman–Crippen LogP) is 4.21. The second-order valence-corrected chi connectivity index (χ2v) is 9.28. The van der Waals surface area contributed by atoms with Crippen LogP contribution in [0.5, 0.6) is 0 Å². The molecule has 2 bridgehead atoms. The van der Waals surface area contributed by atoms with Crippen molar-refractivity contribution in [1.82, 2.24) is 9.78 Å². The molecular formula is C23H22BrN3O2. The minimum absolute atomic E-state index is 0.132. The summed E-state index contributed by atoms with van der Waals surface area (Å²) in [6, 6.07) is 11.3. The fourth-order valence-corrected chi connectivity index (χ4v) is 5.79. The number of amides is 1. The zero-order chi connectivity index (χ0) is 20.1. The van der Waals surface area contributed by atoms with Crippen molar-refractivity contribution >= 4 is 32.6 Å². The van der Waals surface area contributed by atoms with Gasteiger partial charge in [-0.2, -0.15) is 5.10 Å². The SMILES string of the molecule is NC(=O)c1cccc(Cn2ncc3ccc(Br)cc3c2=O)c1[C@@H]1C[C@H]2CC[C@@H]1C2. The van der Waals surface area contributed by atoms with Gasteiger partial charge in [0.25, 0.3) is 5.56 Å². The summed E-state index contributed by atoms with van der Waals surface area (Å²) in [4.78, 5) is 25.3. The summed E-state index contributed by atoms with van der Waals surface area (Å²) in [7, 11) is 0. The van der Waals surface area contributed by atoms with Crippen molar-refractivity contribution in [1.29, 1.82) is 0 Å². The molecule has 5 nitrogen and oxygen atoms in total. The number of hydrogen-bond donors (Lipinski definition) is 1. The number of halogens is 1. The molecule has 1 aromatic heterocycles. The van der Waals surface area contributed by atoms with Crippen LogP contribution in [0.2, 0.25) is 0 Å². The second-order valence-electron chi connectivity index (χ2n) is 8.36. The van der Waals surface area contributed by atoms with Crippen LogP contribution < -0.4 is 11.3 Å². The van der Waals surface area contributed by atoms with Crippen LogP contribution in [0.1, 0.15) is 53.1 Å². The molecule has 2 aliphatic carbocycles. The van der Waals surface area contributed by atoms with E-state index in [1.165, 1.54) is 23.9 Å². The maximum Gasteiger partial charge on any atom is 0.274 e. The Hall–Kier alpha value is -2.47. The zero-order valence-electron chi connectivity index (χ0n) is 16.0. The molecular weight excluding hydrogens is 430 g/mol. The van der Waals surface area contributed by atoms with Crippen LogP contribution in [0.4, 0.5) is 0 Å². The highest BCUT2D eigenvalue weighted by molar-refractivity contribution is 9.10. The first-order valence-corrected chi connectivity index (χ1v) is 10.9. The summed E-state index contributed by atoms with van der Waals surface area (Å²) in [5.74, 6) is 1.30. The standard InChI is InChI=1S/C23H22BrN3O2/c24-17-7-6-15-11-26-27(23(29)20(15)10-17)12-16-2-1-3-18(22(25)28)21(16)19-9-13-4-5-14(19)8-13/h1-3,6-7,10-11,13-14,19H,4-5,8-9,12H2,(H2,25,28)/t13-,14+,19+/m0/s1. The van der Waals surface area contributed by atoms with Gasteiger partial charge in [-0.3, -0.25) is 9.59 Å². The number of hydrogen-bond acceptors (Lipinski definition) is 3. The van der Waals surface area contributed by atoms with E-state index in [0.717, 1.165) is 33.3 Å². The first kappa shape index (κ1) is 18.6. The lowest BCUT2D eigenvalue weighted by atomic mass is 9.79. The highest BCUT2D eigenvalue weighted by Gasteiger charge is 2.42. The van der Waals surface area contributed by atoms with E-state index in [4.69, 9.17) is 5.73 Å². The Morgan fingerprint density at radius 1 is 1.21 bits per heavy atom. The molecule has 6 heteroatoms. The Labute approximate surface area is 177 Å². The first-order valence-electron chi connectivity index (χ1n) is 10.1. The predicted molar refractivity (Wildman–Crippen MR) is 116 cm³/mol. The molecule has 1 heterocycles. The largest absolute Gasteiger partial charge is 0.366 e. The molecule has 2 saturated carbocycles. The number of fused-ring (bicyclic) bond motifs is 3. The van der Waals surface area contributed by atoms with Crippen molar-refractivity contribution in [2.45, 2.75) is 38.1 Å². The molecule has 2 N–H and O–H groups in total. The molecule has 2 aliphatic rings. The molecule has 2 aromatic carbocycles. The highest BCUT2D eigenvalue weighted by Crippen LogP contribution is 2.54. The van der Waals surface area contributed by atoms with Gasteiger partial charge < -0.3 is 5.73 Å². The van der Waals surface area contributed by atoms with Crippen LogP contribution in [0.15, 0.2) is 51.9 Å². The van der Waals surface area contributed by atoms with Gasteiger partial charge in [-0.1, -0.05) is 40.5 Å². The van der Waals surface area contributed by atoms with Gasteiger partial charge in [0.15, 0.2) is 0 Å². The number of nitrogens with two attached hydrogens (primary N) is 1. The minimum atomic E-state index is -0.396. The number of primary amides is 1. The fourth-order valence-electron chi connectivity index (χ4n) is 5.43. The number of carbonyl (C=O) groups excluding carboxylic acids is 1. The van der Waals surface area contributed by atoms with E-state index in [9.17, 15) is 9.59 Å². The van der Waals surface area contributed by atoms with Crippen LogP contribution in [0.25, 0.3) is 10.8 Å². The normalized spacial score (nSPS) is 23.0. The average Bonchev–Trinajstić information content (AvgIpc) is 3.34. The molecule has 3 aromatic rings. The smallest absolute Gasteiger partial charge is 0.274 e. The molecule has 1 amide bonds. The van der Waals surface area contributed by atoms with Gasteiger partial charge in [0, 0.05) is 15.4 Å². The van der Waals surface area contributed by atoms with Gasteiger partial charge in [-0.05, 0) is 66.3 Å². The van der Waals surface area contributed by atoms with Gasteiger partial charge in [0.1, 0.15) is 0 Å². The quantitative estimate of drug-likeness (QED) is 0.644. The zero-order valence-corrected chi connectivity index (χ0v) is 17.6. The van der Waals surface area contributed by atoms with Gasteiger partial charge in [0.2, 0.25) is 5.91 Å². The van der Waals surface area contributed by atoms with Gasteiger partial charge in [-0.15, -0.1) is 0 Å². The van der Waals surface area contributed by atoms with Crippen molar-refractivity contribution in [2.24, 2.45) is 17.6 Å². The van der Waals surface area contributed by atoms with Gasteiger partial charge in [-0.25, -0.2) is 4.68 Å². The lowest BCUT2D eigenvalue weighted by molar-refractivity contribution is 0.0998. The Balaban J connectivity index is 1.61. The van der Waals surface area contributed by atoms with E-state index in [1.54, 1.807) is 6.20 Å². The third-order valence-corrected chi connectivity index (χ3v) is 7.20. The summed E-state index contributed by atoms with van der Waals surface area (Å²) in [5.41, 5.74) is 8.21. The summed E-state index contributed by atoms with van der Waals surface area (Å²) in [6.07, 6.45) is 6.56. The monoisotopic (exact) mass is 451 g/mol. The third-order valence-electron chi connectivity index (χ3n) is 6.71. The van der Waals surface area contributed by atoms with E-state index < -0.39 is 5.91 Å².